The highest BCUT2D eigenvalue weighted by Gasteiger charge is 2.45. The molecule has 194 valence electrons. The molecule has 1 N–H and O–H groups in total. The van der Waals surface area contributed by atoms with Crippen LogP contribution in [-0.4, -0.2) is 67.6 Å². The van der Waals surface area contributed by atoms with Crippen LogP contribution in [0.15, 0.2) is 29.4 Å². The third-order valence-electron chi connectivity index (χ3n) is 6.06. The highest BCUT2D eigenvalue weighted by atomic mass is 19.1. The van der Waals surface area contributed by atoms with E-state index in [-0.39, 0.29) is 12.0 Å². The molecule has 0 spiro atoms. The zero-order valence-electron chi connectivity index (χ0n) is 21.4. The number of hydrogen-bond donors (Lipinski definition) is 1. The lowest BCUT2D eigenvalue weighted by molar-refractivity contribution is -0.131. The molecule has 35 heavy (non-hydrogen) atoms. The van der Waals surface area contributed by atoms with Gasteiger partial charge < -0.3 is 19.5 Å². The molecule has 2 rings (SSSR count). The molecule has 1 aromatic rings. The van der Waals surface area contributed by atoms with Crippen LogP contribution in [0, 0.1) is 11.7 Å². The summed E-state index contributed by atoms with van der Waals surface area (Å²) < 4.78 is 30.1. The summed E-state index contributed by atoms with van der Waals surface area (Å²) in [6.07, 6.45) is -0.867. The molecule has 0 aromatic heterocycles. The fraction of sp³-hybridized carbons (Fsp3) is 0.667. The third kappa shape index (κ3) is 7.55. The van der Waals surface area contributed by atoms with Crippen LogP contribution in [0.25, 0.3) is 10.4 Å². The summed E-state index contributed by atoms with van der Waals surface area (Å²) in [5.74, 6) is -1.41. The average molecular weight is 494 g/mol. The van der Waals surface area contributed by atoms with Crippen molar-refractivity contribution in [2.75, 3.05) is 20.8 Å². The zero-order chi connectivity index (χ0) is 26.3. The van der Waals surface area contributed by atoms with E-state index in [1.165, 1.54) is 31.4 Å². The number of methoxy groups -OCH3 is 2. The SMILES string of the molecule is COC1CC([C@H](OC)[C@@H](C)C(=O)N[C@H](C)C(N=[N+]=[N-])c2ccc(F)cc2)N(C(=O)OC(C)(C)C)C1. The van der Waals surface area contributed by atoms with E-state index in [0.717, 1.165) is 0 Å². The Bertz CT molecular complexity index is 916. The molecule has 1 heterocycles. The van der Waals surface area contributed by atoms with Crippen molar-refractivity contribution in [3.63, 3.8) is 0 Å². The molecule has 1 fully saturated rings. The Morgan fingerprint density at radius 3 is 2.37 bits per heavy atom. The van der Waals surface area contributed by atoms with E-state index in [9.17, 15) is 14.0 Å². The number of amides is 2. The smallest absolute Gasteiger partial charge is 0.410 e. The van der Waals surface area contributed by atoms with Gasteiger partial charge in [0.25, 0.3) is 0 Å². The maximum atomic E-state index is 13.3. The first-order valence-electron chi connectivity index (χ1n) is 11.6. The second-order valence-electron chi connectivity index (χ2n) is 9.78. The van der Waals surface area contributed by atoms with Crippen molar-refractivity contribution < 1.29 is 28.2 Å². The summed E-state index contributed by atoms with van der Waals surface area (Å²) in [6, 6.07) is 3.81. The summed E-state index contributed by atoms with van der Waals surface area (Å²) in [5.41, 5.74) is 8.91. The molecule has 2 amide bonds. The summed E-state index contributed by atoms with van der Waals surface area (Å²) >= 11 is 0. The van der Waals surface area contributed by atoms with Crippen molar-refractivity contribution in [3.8, 4) is 0 Å². The number of halogens is 1. The van der Waals surface area contributed by atoms with Crippen LogP contribution in [0.4, 0.5) is 9.18 Å². The molecular formula is C24H36FN5O5. The monoisotopic (exact) mass is 493 g/mol. The van der Waals surface area contributed by atoms with Crippen LogP contribution < -0.4 is 5.32 Å². The Kier molecular flexibility index (Phi) is 9.88. The van der Waals surface area contributed by atoms with E-state index >= 15 is 0 Å². The lowest BCUT2D eigenvalue weighted by atomic mass is 9.93. The van der Waals surface area contributed by atoms with Gasteiger partial charge in [-0.05, 0) is 57.3 Å². The Labute approximate surface area is 205 Å². The van der Waals surface area contributed by atoms with E-state index in [2.05, 4.69) is 15.3 Å². The first-order chi connectivity index (χ1) is 16.4. The van der Waals surface area contributed by atoms with Crippen LogP contribution in [-0.2, 0) is 19.0 Å². The third-order valence-corrected chi connectivity index (χ3v) is 6.06. The zero-order valence-corrected chi connectivity index (χ0v) is 21.4. The van der Waals surface area contributed by atoms with Gasteiger partial charge in [-0.25, -0.2) is 9.18 Å². The number of hydrogen-bond acceptors (Lipinski definition) is 6. The number of rotatable bonds is 9. The summed E-state index contributed by atoms with van der Waals surface area (Å²) in [5, 5.41) is 6.68. The second-order valence-corrected chi connectivity index (χ2v) is 9.78. The molecule has 1 aliphatic heterocycles. The van der Waals surface area contributed by atoms with Crippen molar-refractivity contribution in [1.82, 2.24) is 10.2 Å². The van der Waals surface area contributed by atoms with Crippen molar-refractivity contribution in [1.29, 1.82) is 0 Å². The van der Waals surface area contributed by atoms with Gasteiger partial charge in [0.15, 0.2) is 0 Å². The summed E-state index contributed by atoms with van der Waals surface area (Å²) in [6.45, 7) is 9.11. The van der Waals surface area contributed by atoms with Gasteiger partial charge in [0.1, 0.15) is 11.4 Å². The minimum atomic E-state index is -0.736. The van der Waals surface area contributed by atoms with Gasteiger partial charge in [-0.1, -0.05) is 24.2 Å². The van der Waals surface area contributed by atoms with E-state index in [4.69, 9.17) is 19.7 Å². The Balaban J connectivity index is 2.19. The number of carbonyl (C=O) groups excluding carboxylic acids is 2. The number of azide groups is 1. The lowest BCUT2D eigenvalue weighted by Gasteiger charge is -2.35. The first-order valence-corrected chi connectivity index (χ1v) is 11.6. The van der Waals surface area contributed by atoms with Gasteiger partial charge in [0.05, 0.1) is 36.8 Å². The molecular weight excluding hydrogens is 457 g/mol. The van der Waals surface area contributed by atoms with Crippen LogP contribution >= 0.6 is 0 Å². The van der Waals surface area contributed by atoms with Crippen molar-refractivity contribution in [2.24, 2.45) is 11.0 Å². The standard InChI is InChI=1S/C24H36FN5O5/c1-14(22(31)27-15(2)20(28-29-26)16-8-10-17(25)11-9-16)21(34-7)19-12-18(33-6)13-30(19)23(32)35-24(3,4)5/h8-11,14-15,18-21H,12-13H2,1-7H3,(H,27,31)/t14-,15-,18?,19?,20?,21-/m1/s1. The number of nitrogens with one attached hydrogen (secondary N) is 1. The molecule has 10 nitrogen and oxygen atoms in total. The lowest BCUT2D eigenvalue weighted by Crippen LogP contribution is -2.51. The van der Waals surface area contributed by atoms with Gasteiger partial charge in [-0.15, -0.1) is 0 Å². The fourth-order valence-electron chi connectivity index (χ4n) is 4.29. The fourth-order valence-corrected chi connectivity index (χ4v) is 4.29. The van der Waals surface area contributed by atoms with Gasteiger partial charge in [-0.2, -0.15) is 0 Å². The van der Waals surface area contributed by atoms with E-state index in [1.54, 1.807) is 46.6 Å². The minimum Gasteiger partial charge on any atom is -0.444 e. The van der Waals surface area contributed by atoms with E-state index in [1.807, 2.05) is 0 Å². The van der Waals surface area contributed by atoms with Gasteiger partial charge in [0.2, 0.25) is 5.91 Å². The summed E-state index contributed by atoms with van der Waals surface area (Å²) in [4.78, 5) is 30.5. The highest BCUT2D eigenvalue weighted by Crippen LogP contribution is 2.30. The molecule has 1 aromatic carbocycles. The van der Waals surface area contributed by atoms with Gasteiger partial charge in [-0.3, -0.25) is 9.69 Å². The van der Waals surface area contributed by atoms with Crippen LogP contribution in [0.5, 0.6) is 0 Å². The summed E-state index contributed by atoms with van der Waals surface area (Å²) in [7, 11) is 3.07. The molecule has 1 aliphatic rings. The molecule has 1 saturated heterocycles. The second kappa shape index (κ2) is 12.2. The highest BCUT2D eigenvalue weighted by molar-refractivity contribution is 5.79. The molecule has 11 heteroatoms. The van der Waals surface area contributed by atoms with Gasteiger partial charge in [0, 0.05) is 25.2 Å². The number of likely N-dealkylation sites (tertiary alicyclic amines) is 1. The Morgan fingerprint density at radius 2 is 1.86 bits per heavy atom. The molecule has 0 bridgehead atoms. The molecule has 6 atom stereocenters. The number of ether oxygens (including phenoxy) is 3. The van der Waals surface area contributed by atoms with E-state index < -0.39 is 47.7 Å². The van der Waals surface area contributed by atoms with Crippen LogP contribution in [0.1, 0.15) is 52.6 Å². The number of carbonyl (C=O) groups is 2. The topological polar surface area (TPSA) is 126 Å². The van der Waals surface area contributed by atoms with Crippen LogP contribution in [0.3, 0.4) is 0 Å². The molecule has 0 radical (unpaired) electrons. The molecule has 0 aliphatic carbocycles. The predicted molar refractivity (Wildman–Crippen MR) is 128 cm³/mol. The maximum Gasteiger partial charge on any atom is 0.410 e. The largest absolute Gasteiger partial charge is 0.444 e. The molecule has 3 unspecified atom stereocenters. The first kappa shape index (κ1) is 28.4. The van der Waals surface area contributed by atoms with E-state index in [0.29, 0.717) is 18.5 Å². The normalized spacial score (nSPS) is 21.4. The van der Waals surface area contributed by atoms with Gasteiger partial charge >= 0.3 is 6.09 Å². The number of nitrogens with zero attached hydrogens (tertiary/aromatic N) is 4. The van der Waals surface area contributed by atoms with Crippen molar-refractivity contribution in [3.05, 3.63) is 46.1 Å². The quantitative estimate of drug-likeness (QED) is 0.311. The Morgan fingerprint density at radius 1 is 1.23 bits per heavy atom. The van der Waals surface area contributed by atoms with Crippen LogP contribution in [0.2, 0.25) is 0 Å². The number of benzene rings is 1. The predicted octanol–water partition coefficient (Wildman–Crippen LogP) is 4.36. The molecule has 0 saturated carbocycles. The average Bonchev–Trinajstić information content (AvgIpc) is 3.22. The van der Waals surface area contributed by atoms with Crippen molar-refractivity contribution >= 4 is 12.0 Å². The van der Waals surface area contributed by atoms with Crippen molar-refractivity contribution in [2.45, 2.75) is 77.0 Å². The Hall–Kier alpha value is -2.88. The minimum absolute atomic E-state index is 0.216. The maximum absolute atomic E-state index is 13.3.